The maximum absolute atomic E-state index is 5.68. The van der Waals surface area contributed by atoms with Crippen molar-refractivity contribution in [2.24, 2.45) is 5.92 Å². The van der Waals surface area contributed by atoms with Crippen molar-refractivity contribution < 1.29 is 9.47 Å². The molecule has 0 amide bonds. The highest BCUT2D eigenvalue weighted by Gasteiger charge is 2.05. The average Bonchev–Trinajstić information content (AvgIpc) is 2.26. The number of nitrogen functional groups attached to an aromatic ring is 1. The Hall–Kier alpha value is -1.40. The van der Waals surface area contributed by atoms with Gasteiger partial charge in [0, 0.05) is 26.8 Å². The summed E-state index contributed by atoms with van der Waals surface area (Å²) in [6.07, 6.45) is 0. The van der Waals surface area contributed by atoms with E-state index in [0.29, 0.717) is 36.6 Å². The highest BCUT2D eigenvalue weighted by Crippen LogP contribution is 2.09. The summed E-state index contributed by atoms with van der Waals surface area (Å²) in [6.45, 7) is 3.93. The summed E-state index contributed by atoms with van der Waals surface area (Å²) in [5.41, 5.74) is 5.68. The lowest BCUT2D eigenvalue weighted by Gasteiger charge is -2.12. The van der Waals surface area contributed by atoms with Crippen molar-refractivity contribution in [1.29, 1.82) is 0 Å². The Labute approximate surface area is 102 Å². The minimum atomic E-state index is 0.355. The van der Waals surface area contributed by atoms with E-state index in [4.69, 9.17) is 15.2 Å². The molecule has 6 heteroatoms. The fourth-order valence-corrected chi connectivity index (χ4v) is 1.42. The number of anilines is 2. The summed E-state index contributed by atoms with van der Waals surface area (Å²) < 4.78 is 10.0. The van der Waals surface area contributed by atoms with Crippen LogP contribution in [0.5, 0.6) is 0 Å². The molecule has 1 rings (SSSR count). The molecule has 17 heavy (non-hydrogen) atoms. The van der Waals surface area contributed by atoms with Crippen LogP contribution in [0.1, 0.15) is 12.7 Å². The molecule has 0 aliphatic rings. The maximum atomic E-state index is 5.68. The van der Waals surface area contributed by atoms with E-state index in [0.717, 1.165) is 6.54 Å². The topological polar surface area (TPSA) is 82.3 Å². The zero-order valence-electron chi connectivity index (χ0n) is 10.6. The van der Waals surface area contributed by atoms with Gasteiger partial charge in [-0.3, -0.25) is 0 Å². The van der Waals surface area contributed by atoms with Gasteiger partial charge < -0.3 is 20.5 Å². The predicted molar refractivity (Wildman–Crippen MR) is 66.7 cm³/mol. The zero-order valence-corrected chi connectivity index (χ0v) is 10.6. The van der Waals surface area contributed by atoms with Crippen LogP contribution >= 0.6 is 0 Å². The summed E-state index contributed by atoms with van der Waals surface area (Å²) in [5, 5.41) is 3.20. The number of nitrogens with zero attached hydrogens (tertiary/aromatic N) is 2. The lowest BCUT2D eigenvalue weighted by molar-refractivity contribution is 0.164. The molecule has 1 aromatic heterocycles. The molecular formula is C11H20N4O2. The third-order valence-electron chi connectivity index (χ3n) is 2.15. The number of ether oxygens (including phenoxy) is 2. The van der Waals surface area contributed by atoms with E-state index in [9.17, 15) is 0 Å². The SMILES string of the molecule is COCc1nc(N)cc(NCC(C)COC)n1. The van der Waals surface area contributed by atoms with Gasteiger partial charge in [-0.25, -0.2) is 9.97 Å². The summed E-state index contributed by atoms with van der Waals surface area (Å²) in [7, 11) is 3.29. The smallest absolute Gasteiger partial charge is 0.158 e. The van der Waals surface area contributed by atoms with Crippen molar-refractivity contribution >= 4 is 11.6 Å². The Morgan fingerprint density at radius 1 is 1.35 bits per heavy atom. The normalized spacial score (nSPS) is 12.4. The Kier molecular flexibility index (Phi) is 5.65. The summed E-state index contributed by atoms with van der Waals surface area (Å²) in [6, 6.07) is 1.71. The number of hydrogen-bond donors (Lipinski definition) is 2. The number of hydrogen-bond acceptors (Lipinski definition) is 6. The van der Waals surface area contributed by atoms with Gasteiger partial charge in [-0.2, -0.15) is 0 Å². The van der Waals surface area contributed by atoms with Crippen molar-refractivity contribution in [3.8, 4) is 0 Å². The molecule has 3 N–H and O–H groups in total. The minimum Gasteiger partial charge on any atom is -0.384 e. The van der Waals surface area contributed by atoms with Crippen LogP contribution in [0.15, 0.2) is 6.07 Å². The molecule has 0 aliphatic heterocycles. The Morgan fingerprint density at radius 2 is 2.12 bits per heavy atom. The standard InChI is InChI=1S/C11H20N4O2/c1-8(6-16-2)5-13-10-4-9(12)14-11(15-10)7-17-3/h4,8H,5-7H2,1-3H3,(H3,12,13,14,15). The van der Waals surface area contributed by atoms with E-state index in [1.807, 2.05) is 0 Å². The van der Waals surface area contributed by atoms with Crippen LogP contribution in [-0.4, -0.2) is 37.3 Å². The van der Waals surface area contributed by atoms with Gasteiger partial charge in [-0.1, -0.05) is 6.92 Å². The molecule has 0 aliphatic carbocycles. The summed E-state index contributed by atoms with van der Waals surface area (Å²) in [4.78, 5) is 8.35. The van der Waals surface area contributed by atoms with Crippen LogP contribution in [0, 0.1) is 5.92 Å². The molecule has 0 aromatic carbocycles. The number of rotatable bonds is 7. The quantitative estimate of drug-likeness (QED) is 0.737. The number of nitrogens with one attached hydrogen (secondary N) is 1. The van der Waals surface area contributed by atoms with Gasteiger partial charge in [-0.15, -0.1) is 0 Å². The second kappa shape index (κ2) is 7.03. The van der Waals surface area contributed by atoms with Gasteiger partial charge in [0.2, 0.25) is 0 Å². The van der Waals surface area contributed by atoms with E-state index in [1.54, 1.807) is 20.3 Å². The molecule has 0 radical (unpaired) electrons. The highest BCUT2D eigenvalue weighted by molar-refractivity contribution is 5.44. The van der Waals surface area contributed by atoms with Gasteiger partial charge in [-0.05, 0) is 5.92 Å². The molecular weight excluding hydrogens is 220 g/mol. The summed E-state index contributed by atoms with van der Waals surface area (Å²) in [5.74, 6) is 2.14. The third-order valence-corrected chi connectivity index (χ3v) is 2.15. The van der Waals surface area contributed by atoms with Crippen molar-refractivity contribution in [3.63, 3.8) is 0 Å². The molecule has 0 saturated carbocycles. The fourth-order valence-electron chi connectivity index (χ4n) is 1.42. The molecule has 1 heterocycles. The second-order valence-corrected chi connectivity index (χ2v) is 3.97. The first-order chi connectivity index (χ1) is 8.15. The Morgan fingerprint density at radius 3 is 2.76 bits per heavy atom. The van der Waals surface area contributed by atoms with Gasteiger partial charge >= 0.3 is 0 Å². The van der Waals surface area contributed by atoms with E-state index in [-0.39, 0.29) is 0 Å². The minimum absolute atomic E-state index is 0.355. The Balaban J connectivity index is 2.57. The van der Waals surface area contributed by atoms with E-state index in [1.165, 1.54) is 0 Å². The first-order valence-corrected chi connectivity index (χ1v) is 5.51. The van der Waals surface area contributed by atoms with Crippen LogP contribution in [0.4, 0.5) is 11.6 Å². The zero-order chi connectivity index (χ0) is 12.7. The lowest BCUT2D eigenvalue weighted by Crippen LogP contribution is -2.17. The molecule has 6 nitrogen and oxygen atoms in total. The van der Waals surface area contributed by atoms with Crippen molar-refractivity contribution in [1.82, 2.24) is 9.97 Å². The number of methoxy groups -OCH3 is 2. The number of aromatic nitrogens is 2. The monoisotopic (exact) mass is 240 g/mol. The van der Waals surface area contributed by atoms with Crippen LogP contribution in [0.25, 0.3) is 0 Å². The van der Waals surface area contributed by atoms with Gasteiger partial charge in [0.15, 0.2) is 5.82 Å². The fraction of sp³-hybridized carbons (Fsp3) is 0.636. The molecule has 1 atom stereocenters. The van der Waals surface area contributed by atoms with Crippen LogP contribution < -0.4 is 11.1 Å². The molecule has 0 saturated heterocycles. The van der Waals surface area contributed by atoms with E-state index in [2.05, 4.69) is 22.2 Å². The van der Waals surface area contributed by atoms with Crippen molar-refractivity contribution in [2.75, 3.05) is 38.4 Å². The van der Waals surface area contributed by atoms with Crippen LogP contribution in [-0.2, 0) is 16.1 Å². The van der Waals surface area contributed by atoms with Gasteiger partial charge in [0.1, 0.15) is 18.2 Å². The maximum Gasteiger partial charge on any atom is 0.158 e. The molecule has 1 unspecified atom stereocenters. The van der Waals surface area contributed by atoms with E-state index >= 15 is 0 Å². The van der Waals surface area contributed by atoms with E-state index < -0.39 is 0 Å². The molecule has 96 valence electrons. The Bertz CT molecular complexity index is 346. The first-order valence-electron chi connectivity index (χ1n) is 5.51. The largest absolute Gasteiger partial charge is 0.384 e. The van der Waals surface area contributed by atoms with Gasteiger partial charge in [0.05, 0.1) is 6.61 Å². The van der Waals surface area contributed by atoms with Gasteiger partial charge in [0.25, 0.3) is 0 Å². The summed E-state index contributed by atoms with van der Waals surface area (Å²) >= 11 is 0. The third kappa shape index (κ3) is 4.97. The average molecular weight is 240 g/mol. The van der Waals surface area contributed by atoms with Crippen molar-refractivity contribution in [3.05, 3.63) is 11.9 Å². The molecule has 0 spiro atoms. The van der Waals surface area contributed by atoms with Crippen molar-refractivity contribution in [2.45, 2.75) is 13.5 Å². The lowest BCUT2D eigenvalue weighted by atomic mass is 10.2. The highest BCUT2D eigenvalue weighted by atomic mass is 16.5. The van der Waals surface area contributed by atoms with Crippen LogP contribution in [0.3, 0.4) is 0 Å². The first kappa shape index (κ1) is 13.7. The number of nitrogens with two attached hydrogens (primary N) is 1. The molecule has 0 bridgehead atoms. The molecule has 0 fully saturated rings. The predicted octanol–water partition coefficient (Wildman–Crippen LogP) is 0.900. The molecule has 1 aromatic rings. The second-order valence-electron chi connectivity index (χ2n) is 3.97. The van der Waals surface area contributed by atoms with Crippen LogP contribution in [0.2, 0.25) is 0 Å².